The SMILES string of the molecule is C#CCOc1c(Cl)cc([N+](=O)[O-])cc1Cl. The first kappa shape index (κ1) is 11.6. The summed E-state index contributed by atoms with van der Waals surface area (Å²) in [7, 11) is 0. The van der Waals surface area contributed by atoms with Crippen molar-refractivity contribution in [3.63, 3.8) is 0 Å². The Kier molecular flexibility index (Phi) is 3.78. The molecule has 0 amide bonds. The molecular formula is C9H5Cl2NO3. The zero-order valence-electron chi connectivity index (χ0n) is 7.37. The highest BCUT2D eigenvalue weighted by molar-refractivity contribution is 6.37. The second-order valence-electron chi connectivity index (χ2n) is 2.49. The molecule has 0 heterocycles. The average molecular weight is 246 g/mol. The highest BCUT2D eigenvalue weighted by atomic mass is 35.5. The zero-order valence-corrected chi connectivity index (χ0v) is 8.88. The molecule has 0 saturated heterocycles. The van der Waals surface area contributed by atoms with E-state index in [0.717, 1.165) is 12.1 Å². The lowest BCUT2D eigenvalue weighted by Gasteiger charge is -2.06. The van der Waals surface area contributed by atoms with E-state index in [1.807, 2.05) is 0 Å². The molecule has 0 N–H and O–H groups in total. The molecule has 0 atom stereocenters. The van der Waals surface area contributed by atoms with Crippen LogP contribution in [0.2, 0.25) is 10.0 Å². The summed E-state index contributed by atoms with van der Waals surface area (Å²) >= 11 is 11.5. The van der Waals surface area contributed by atoms with Gasteiger partial charge in [-0.25, -0.2) is 0 Å². The van der Waals surface area contributed by atoms with E-state index in [1.54, 1.807) is 0 Å². The standard InChI is InChI=1S/C9H5Cl2NO3/c1-2-3-15-9-7(10)4-6(12(13)14)5-8(9)11/h1,4-5H,3H2. The molecule has 0 spiro atoms. The van der Waals surface area contributed by atoms with Crippen molar-refractivity contribution in [1.82, 2.24) is 0 Å². The molecule has 0 aliphatic rings. The quantitative estimate of drug-likeness (QED) is 0.468. The fourth-order valence-electron chi connectivity index (χ4n) is 0.904. The van der Waals surface area contributed by atoms with Gasteiger partial charge in [0.15, 0.2) is 5.75 Å². The molecule has 15 heavy (non-hydrogen) atoms. The van der Waals surface area contributed by atoms with Crippen molar-refractivity contribution in [2.45, 2.75) is 0 Å². The van der Waals surface area contributed by atoms with Crippen LogP contribution in [0.25, 0.3) is 0 Å². The largest absolute Gasteiger partial charge is 0.478 e. The topological polar surface area (TPSA) is 52.4 Å². The Morgan fingerprint density at radius 1 is 1.47 bits per heavy atom. The van der Waals surface area contributed by atoms with E-state index in [2.05, 4.69) is 5.92 Å². The maximum atomic E-state index is 10.4. The number of terminal acetylenes is 1. The van der Waals surface area contributed by atoms with Crippen molar-refractivity contribution in [2.75, 3.05) is 6.61 Å². The van der Waals surface area contributed by atoms with Crippen molar-refractivity contribution < 1.29 is 9.66 Å². The van der Waals surface area contributed by atoms with Gasteiger partial charge in [0.2, 0.25) is 0 Å². The molecular weight excluding hydrogens is 241 g/mol. The van der Waals surface area contributed by atoms with Gasteiger partial charge in [-0.1, -0.05) is 29.1 Å². The second kappa shape index (κ2) is 4.87. The lowest BCUT2D eigenvalue weighted by molar-refractivity contribution is -0.384. The normalized spacial score (nSPS) is 9.40. The Balaban J connectivity index is 3.11. The van der Waals surface area contributed by atoms with E-state index in [1.165, 1.54) is 0 Å². The molecule has 0 bridgehead atoms. The van der Waals surface area contributed by atoms with Crippen molar-refractivity contribution >= 4 is 28.9 Å². The lowest BCUT2D eigenvalue weighted by atomic mass is 10.3. The summed E-state index contributed by atoms with van der Waals surface area (Å²) < 4.78 is 5.03. The highest BCUT2D eigenvalue weighted by Crippen LogP contribution is 2.36. The summed E-state index contributed by atoms with van der Waals surface area (Å²) in [5, 5.41) is 10.6. The number of non-ortho nitro benzene ring substituents is 1. The van der Waals surface area contributed by atoms with E-state index >= 15 is 0 Å². The van der Waals surface area contributed by atoms with E-state index in [0.29, 0.717) is 0 Å². The van der Waals surface area contributed by atoms with Gasteiger partial charge in [0, 0.05) is 12.1 Å². The summed E-state index contributed by atoms with van der Waals surface area (Å²) in [5.74, 6) is 2.39. The molecule has 0 fully saturated rings. The maximum absolute atomic E-state index is 10.4. The van der Waals surface area contributed by atoms with Crippen LogP contribution in [0, 0.1) is 22.5 Å². The number of hydrogen-bond donors (Lipinski definition) is 0. The molecule has 0 aromatic heterocycles. The number of nitrogens with zero attached hydrogens (tertiary/aromatic N) is 1. The number of ether oxygens (including phenoxy) is 1. The predicted octanol–water partition coefficient (Wildman–Crippen LogP) is 2.91. The van der Waals surface area contributed by atoms with E-state index < -0.39 is 4.92 Å². The Labute approximate surface area is 95.9 Å². The van der Waals surface area contributed by atoms with Gasteiger partial charge in [0.05, 0.1) is 15.0 Å². The fourth-order valence-corrected chi connectivity index (χ4v) is 1.49. The Morgan fingerprint density at radius 2 is 2.00 bits per heavy atom. The first-order valence-electron chi connectivity index (χ1n) is 3.76. The Morgan fingerprint density at radius 3 is 2.40 bits per heavy atom. The monoisotopic (exact) mass is 245 g/mol. The molecule has 0 radical (unpaired) electrons. The maximum Gasteiger partial charge on any atom is 0.272 e. The van der Waals surface area contributed by atoms with Gasteiger partial charge in [-0.3, -0.25) is 10.1 Å². The van der Waals surface area contributed by atoms with Crippen LogP contribution in [-0.4, -0.2) is 11.5 Å². The number of rotatable bonds is 3. The molecule has 78 valence electrons. The van der Waals surface area contributed by atoms with Crippen LogP contribution in [0.4, 0.5) is 5.69 Å². The van der Waals surface area contributed by atoms with E-state index in [4.69, 9.17) is 34.4 Å². The number of benzene rings is 1. The van der Waals surface area contributed by atoms with E-state index in [9.17, 15) is 10.1 Å². The number of halogens is 2. The Bertz CT molecular complexity index is 416. The molecule has 1 aromatic carbocycles. The van der Waals surface area contributed by atoms with Crippen LogP contribution in [-0.2, 0) is 0 Å². The van der Waals surface area contributed by atoms with Crippen molar-refractivity contribution in [2.24, 2.45) is 0 Å². The number of hydrogen-bond acceptors (Lipinski definition) is 3. The minimum atomic E-state index is -0.595. The molecule has 1 aromatic rings. The predicted molar refractivity (Wildman–Crippen MR) is 57.4 cm³/mol. The van der Waals surface area contributed by atoms with Gasteiger partial charge in [-0.15, -0.1) is 6.42 Å². The van der Waals surface area contributed by atoms with Crippen LogP contribution in [0.5, 0.6) is 5.75 Å². The number of nitro groups is 1. The van der Waals surface area contributed by atoms with Gasteiger partial charge in [0.25, 0.3) is 5.69 Å². The summed E-state index contributed by atoms with van der Waals surface area (Å²) in [4.78, 5) is 9.85. The third kappa shape index (κ3) is 2.75. The summed E-state index contributed by atoms with van der Waals surface area (Å²) in [6.07, 6.45) is 4.99. The van der Waals surface area contributed by atoms with Gasteiger partial charge in [0.1, 0.15) is 6.61 Å². The molecule has 0 aliphatic carbocycles. The number of nitro benzene ring substituents is 1. The minimum absolute atomic E-state index is 0.00273. The molecule has 1 rings (SSSR count). The second-order valence-corrected chi connectivity index (χ2v) is 3.30. The molecule has 0 unspecified atom stereocenters. The van der Waals surface area contributed by atoms with Crippen LogP contribution in [0.15, 0.2) is 12.1 Å². The molecule has 0 saturated carbocycles. The third-order valence-electron chi connectivity index (χ3n) is 1.49. The van der Waals surface area contributed by atoms with Crippen LogP contribution in [0.1, 0.15) is 0 Å². The van der Waals surface area contributed by atoms with Gasteiger partial charge < -0.3 is 4.74 Å². The minimum Gasteiger partial charge on any atom is -0.478 e. The smallest absolute Gasteiger partial charge is 0.272 e. The molecule has 6 heteroatoms. The van der Waals surface area contributed by atoms with Crippen molar-refractivity contribution in [1.29, 1.82) is 0 Å². The summed E-state index contributed by atoms with van der Waals surface area (Å²) in [6.45, 7) is -0.00273. The molecule has 0 aliphatic heterocycles. The van der Waals surface area contributed by atoms with Crippen LogP contribution in [0.3, 0.4) is 0 Å². The van der Waals surface area contributed by atoms with Gasteiger partial charge in [-0.05, 0) is 0 Å². The highest BCUT2D eigenvalue weighted by Gasteiger charge is 2.15. The van der Waals surface area contributed by atoms with Crippen molar-refractivity contribution in [3.8, 4) is 18.1 Å². The molecule has 4 nitrogen and oxygen atoms in total. The summed E-state index contributed by atoms with van der Waals surface area (Å²) in [5.41, 5.74) is -0.196. The third-order valence-corrected chi connectivity index (χ3v) is 2.06. The van der Waals surface area contributed by atoms with E-state index in [-0.39, 0.29) is 28.1 Å². The van der Waals surface area contributed by atoms with Gasteiger partial charge in [-0.2, -0.15) is 0 Å². The lowest BCUT2D eigenvalue weighted by Crippen LogP contribution is -1.96. The average Bonchev–Trinajstić information content (AvgIpc) is 2.16. The van der Waals surface area contributed by atoms with Crippen LogP contribution >= 0.6 is 23.2 Å². The van der Waals surface area contributed by atoms with Gasteiger partial charge >= 0.3 is 0 Å². The van der Waals surface area contributed by atoms with Crippen LogP contribution < -0.4 is 4.74 Å². The first-order chi connectivity index (χ1) is 7.06. The first-order valence-corrected chi connectivity index (χ1v) is 4.51. The fraction of sp³-hybridized carbons (Fsp3) is 0.111. The van der Waals surface area contributed by atoms with Crippen molar-refractivity contribution in [3.05, 3.63) is 32.3 Å². The summed E-state index contributed by atoms with van der Waals surface area (Å²) in [6, 6.07) is 2.30. The Hall–Kier alpha value is -1.44. The zero-order chi connectivity index (χ0) is 11.4.